The standard InChI is InChI=1S/C9H8ClO2/c10-9-5-6-11-7-3-1-2-4-8(7)12-9/h1,3-4,9H,5-6H2. The Labute approximate surface area is 76.1 Å². The Bertz CT molecular complexity index is 275. The molecular weight excluding hydrogens is 176 g/mol. The first-order valence-electron chi connectivity index (χ1n) is 3.80. The zero-order chi connectivity index (χ0) is 8.39. The summed E-state index contributed by atoms with van der Waals surface area (Å²) >= 11 is 5.83. The van der Waals surface area contributed by atoms with Crippen LogP contribution in [-0.4, -0.2) is 12.2 Å². The van der Waals surface area contributed by atoms with Gasteiger partial charge in [0.2, 0.25) is 0 Å². The van der Waals surface area contributed by atoms with E-state index in [0.29, 0.717) is 18.8 Å². The van der Waals surface area contributed by atoms with E-state index in [9.17, 15) is 0 Å². The Kier molecular flexibility index (Phi) is 2.09. The Balaban J connectivity index is 2.31. The first-order valence-corrected chi connectivity index (χ1v) is 4.23. The van der Waals surface area contributed by atoms with E-state index >= 15 is 0 Å². The Hall–Kier alpha value is -0.890. The second-order valence-corrected chi connectivity index (χ2v) is 3.02. The van der Waals surface area contributed by atoms with Crippen LogP contribution in [-0.2, 0) is 0 Å². The molecule has 1 aliphatic heterocycles. The summed E-state index contributed by atoms with van der Waals surface area (Å²) in [5, 5.41) is 0. The summed E-state index contributed by atoms with van der Waals surface area (Å²) < 4.78 is 10.8. The van der Waals surface area contributed by atoms with Gasteiger partial charge < -0.3 is 9.47 Å². The number of alkyl halides is 1. The molecule has 0 saturated heterocycles. The van der Waals surface area contributed by atoms with Gasteiger partial charge in [-0.05, 0) is 18.2 Å². The van der Waals surface area contributed by atoms with Crippen LogP contribution in [0.5, 0.6) is 11.5 Å². The van der Waals surface area contributed by atoms with E-state index < -0.39 is 0 Å². The molecular formula is C9H8ClO2. The maximum atomic E-state index is 5.83. The predicted octanol–water partition coefficient (Wildman–Crippen LogP) is 2.21. The smallest absolute Gasteiger partial charge is 0.175 e. The molecule has 1 aliphatic rings. The average Bonchev–Trinajstić information content (AvgIpc) is 2.25. The molecule has 1 aromatic rings. The van der Waals surface area contributed by atoms with Crippen molar-refractivity contribution < 1.29 is 9.47 Å². The first-order chi connectivity index (χ1) is 5.86. The Morgan fingerprint density at radius 2 is 2.42 bits per heavy atom. The predicted molar refractivity (Wildman–Crippen MR) is 45.7 cm³/mol. The van der Waals surface area contributed by atoms with Gasteiger partial charge in [-0.1, -0.05) is 17.7 Å². The van der Waals surface area contributed by atoms with Crippen molar-refractivity contribution in [2.75, 3.05) is 6.61 Å². The summed E-state index contributed by atoms with van der Waals surface area (Å²) in [5.41, 5.74) is -0.290. The molecule has 1 heterocycles. The van der Waals surface area contributed by atoms with Gasteiger partial charge in [-0.15, -0.1) is 0 Å². The minimum atomic E-state index is -0.290. The van der Waals surface area contributed by atoms with Gasteiger partial charge in [-0.25, -0.2) is 0 Å². The van der Waals surface area contributed by atoms with Crippen LogP contribution >= 0.6 is 11.6 Å². The molecule has 1 unspecified atom stereocenters. The normalized spacial score (nSPS) is 21.6. The van der Waals surface area contributed by atoms with Crippen molar-refractivity contribution >= 4 is 11.6 Å². The van der Waals surface area contributed by atoms with E-state index in [2.05, 4.69) is 6.07 Å². The second kappa shape index (κ2) is 3.23. The molecule has 0 aromatic heterocycles. The van der Waals surface area contributed by atoms with Crippen LogP contribution < -0.4 is 9.47 Å². The molecule has 3 heteroatoms. The first kappa shape index (κ1) is 7.74. The Morgan fingerprint density at radius 1 is 1.50 bits per heavy atom. The van der Waals surface area contributed by atoms with Gasteiger partial charge >= 0.3 is 0 Å². The van der Waals surface area contributed by atoms with Crippen molar-refractivity contribution in [1.29, 1.82) is 0 Å². The number of halogens is 1. The second-order valence-electron chi connectivity index (χ2n) is 2.54. The van der Waals surface area contributed by atoms with E-state index in [-0.39, 0.29) is 5.56 Å². The zero-order valence-corrected chi connectivity index (χ0v) is 7.17. The van der Waals surface area contributed by atoms with Crippen LogP contribution in [0.4, 0.5) is 0 Å². The lowest BCUT2D eigenvalue weighted by Gasteiger charge is -2.07. The third kappa shape index (κ3) is 1.48. The largest absolute Gasteiger partial charge is 0.490 e. The van der Waals surface area contributed by atoms with Gasteiger partial charge in [-0.2, -0.15) is 0 Å². The van der Waals surface area contributed by atoms with Crippen LogP contribution in [0.3, 0.4) is 0 Å². The summed E-state index contributed by atoms with van der Waals surface area (Å²) in [5.74, 6) is 1.42. The molecule has 12 heavy (non-hydrogen) atoms. The van der Waals surface area contributed by atoms with Crippen LogP contribution in [0.1, 0.15) is 6.42 Å². The lowest BCUT2D eigenvalue weighted by Crippen LogP contribution is -2.08. The fraction of sp³-hybridized carbons (Fsp3) is 0.333. The summed E-state index contributed by atoms with van der Waals surface area (Å²) in [7, 11) is 0. The maximum absolute atomic E-state index is 5.83. The molecule has 2 rings (SSSR count). The summed E-state index contributed by atoms with van der Waals surface area (Å²) in [6.45, 7) is 0.602. The lowest BCUT2D eigenvalue weighted by atomic mass is 10.3. The number of hydrogen-bond donors (Lipinski definition) is 0. The van der Waals surface area contributed by atoms with E-state index in [1.165, 1.54) is 0 Å². The minimum absolute atomic E-state index is 0.290. The van der Waals surface area contributed by atoms with Crippen LogP contribution in [0.15, 0.2) is 18.2 Å². The minimum Gasteiger partial charge on any atom is -0.490 e. The fourth-order valence-corrected chi connectivity index (χ4v) is 1.26. The van der Waals surface area contributed by atoms with Crippen molar-refractivity contribution in [1.82, 2.24) is 0 Å². The molecule has 63 valence electrons. The zero-order valence-electron chi connectivity index (χ0n) is 6.42. The van der Waals surface area contributed by atoms with E-state index in [1.54, 1.807) is 12.1 Å². The van der Waals surface area contributed by atoms with Crippen molar-refractivity contribution in [2.45, 2.75) is 12.0 Å². The number of fused-ring (bicyclic) bond motifs is 1. The molecule has 1 aromatic carbocycles. The number of hydrogen-bond acceptors (Lipinski definition) is 2. The van der Waals surface area contributed by atoms with Crippen LogP contribution in [0.2, 0.25) is 0 Å². The topological polar surface area (TPSA) is 18.5 Å². The van der Waals surface area contributed by atoms with Gasteiger partial charge in [0.25, 0.3) is 0 Å². The monoisotopic (exact) mass is 183 g/mol. The van der Waals surface area contributed by atoms with Gasteiger partial charge in [0.1, 0.15) is 0 Å². The summed E-state index contributed by atoms with van der Waals surface area (Å²) in [4.78, 5) is 0. The van der Waals surface area contributed by atoms with Crippen LogP contribution in [0, 0.1) is 6.07 Å². The molecule has 0 aliphatic carbocycles. The molecule has 0 N–H and O–H groups in total. The highest BCUT2D eigenvalue weighted by Gasteiger charge is 2.14. The lowest BCUT2D eigenvalue weighted by molar-refractivity contribution is 0.265. The number of rotatable bonds is 0. The van der Waals surface area contributed by atoms with Crippen molar-refractivity contribution in [3.63, 3.8) is 0 Å². The molecule has 1 atom stereocenters. The third-order valence-corrected chi connectivity index (χ3v) is 1.95. The molecule has 1 radical (unpaired) electrons. The molecule has 0 saturated carbocycles. The van der Waals surface area contributed by atoms with Gasteiger partial charge in [0.05, 0.1) is 6.61 Å². The average molecular weight is 184 g/mol. The molecule has 0 spiro atoms. The summed E-state index contributed by atoms with van der Waals surface area (Å²) in [6.07, 6.45) is 0.705. The quantitative estimate of drug-likeness (QED) is 0.575. The van der Waals surface area contributed by atoms with Crippen molar-refractivity contribution in [2.24, 2.45) is 0 Å². The molecule has 2 nitrogen and oxygen atoms in total. The van der Waals surface area contributed by atoms with Crippen molar-refractivity contribution in [3.05, 3.63) is 24.3 Å². The third-order valence-electron chi connectivity index (χ3n) is 1.65. The van der Waals surface area contributed by atoms with E-state index in [1.807, 2.05) is 6.07 Å². The summed E-state index contributed by atoms with van der Waals surface area (Å²) in [6, 6.07) is 8.25. The fourth-order valence-electron chi connectivity index (χ4n) is 1.07. The molecule has 0 bridgehead atoms. The molecule has 0 fully saturated rings. The highest BCUT2D eigenvalue weighted by Crippen LogP contribution is 2.30. The van der Waals surface area contributed by atoms with E-state index in [0.717, 1.165) is 5.75 Å². The number of ether oxygens (including phenoxy) is 2. The number of benzene rings is 1. The van der Waals surface area contributed by atoms with Gasteiger partial charge in [-0.3, -0.25) is 0 Å². The van der Waals surface area contributed by atoms with E-state index in [4.69, 9.17) is 21.1 Å². The van der Waals surface area contributed by atoms with Gasteiger partial charge in [0.15, 0.2) is 17.1 Å². The highest BCUT2D eigenvalue weighted by molar-refractivity contribution is 6.19. The van der Waals surface area contributed by atoms with Crippen molar-refractivity contribution in [3.8, 4) is 11.5 Å². The Morgan fingerprint density at radius 3 is 3.33 bits per heavy atom. The van der Waals surface area contributed by atoms with Crippen LogP contribution in [0.25, 0.3) is 0 Å². The molecule has 0 amide bonds. The highest BCUT2D eigenvalue weighted by atomic mass is 35.5. The maximum Gasteiger partial charge on any atom is 0.175 e. The SMILES string of the molecule is ClC1CCOc2cc[c]cc2O1. The van der Waals surface area contributed by atoms with Gasteiger partial charge in [0, 0.05) is 6.42 Å².